The first kappa shape index (κ1) is 24.6. The number of methoxy groups -OCH3 is 1. The van der Waals surface area contributed by atoms with Gasteiger partial charge in [0.05, 0.1) is 18.4 Å². The SMILES string of the molecule is COc1cc(C(C)=NNC(=O)C(=O)Nc2ccc(F)cc2)ccc1OC(=O)c1ccccc1Br. The molecule has 2 N–H and O–H groups in total. The van der Waals surface area contributed by atoms with Crippen LogP contribution in [-0.4, -0.2) is 30.6 Å². The van der Waals surface area contributed by atoms with E-state index < -0.39 is 23.6 Å². The Morgan fingerprint density at radius 1 is 0.941 bits per heavy atom. The fraction of sp³-hybridized carbons (Fsp3) is 0.0833. The van der Waals surface area contributed by atoms with Crippen LogP contribution in [0.2, 0.25) is 0 Å². The number of ether oxygens (including phenoxy) is 2. The van der Waals surface area contributed by atoms with Gasteiger partial charge in [-0.3, -0.25) is 9.59 Å². The molecule has 0 aliphatic carbocycles. The Hall–Kier alpha value is -4.05. The lowest BCUT2D eigenvalue weighted by Crippen LogP contribution is -2.32. The van der Waals surface area contributed by atoms with E-state index in [0.717, 1.165) is 12.1 Å². The maximum atomic E-state index is 12.9. The lowest BCUT2D eigenvalue weighted by molar-refractivity contribution is -0.136. The van der Waals surface area contributed by atoms with Gasteiger partial charge in [0.25, 0.3) is 0 Å². The largest absolute Gasteiger partial charge is 0.493 e. The summed E-state index contributed by atoms with van der Waals surface area (Å²) in [6, 6.07) is 16.5. The van der Waals surface area contributed by atoms with Gasteiger partial charge in [-0.25, -0.2) is 14.6 Å². The number of nitrogens with one attached hydrogen (secondary N) is 2. The zero-order chi connectivity index (χ0) is 24.7. The molecule has 34 heavy (non-hydrogen) atoms. The molecule has 0 atom stereocenters. The topological polar surface area (TPSA) is 106 Å². The van der Waals surface area contributed by atoms with Crippen LogP contribution >= 0.6 is 15.9 Å². The summed E-state index contributed by atoms with van der Waals surface area (Å²) in [5.41, 5.74) is 3.69. The van der Waals surface area contributed by atoms with Gasteiger partial charge in [0, 0.05) is 15.7 Å². The molecule has 0 bridgehead atoms. The van der Waals surface area contributed by atoms with Crippen molar-refractivity contribution in [3.63, 3.8) is 0 Å². The van der Waals surface area contributed by atoms with Gasteiger partial charge in [0.15, 0.2) is 11.5 Å². The van der Waals surface area contributed by atoms with Crippen LogP contribution in [0, 0.1) is 5.82 Å². The molecule has 0 aliphatic heterocycles. The van der Waals surface area contributed by atoms with Crippen molar-refractivity contribution in [3.8, 4) is 11.5 Å². The van der Waals surface area contributed by atoms with Gasteiger partial charge in [-0.15, -0.1) is 0 Å². The summed E-state index contributed by atoms with van der Waals surface area (Å²) in [5.74, 6) is -2.53. The molecule has 0 aliphatic rings. The molecule has 3 aromatic carbocycles. The number of hydrazone groups is 1. The van der Waals surface area contributed by atoms with Gasteiger partial charge >= 0.3 is 17.8 Å². The molecule has 3 rings (SSSR count). The molecule has 0 fully saturated rings. The van der Waals surface area contributed by atoms with Gasteiger partial charge in [-0.1, -0.05) is 12.1 Å². The molecule has 0 unspecified atom stereocenters. The van der Waals surface area contributed by atoms with Gasteiger partial charge in [0.1, 0.15) is 5.82 Å². The quantitative estimate of drug-likeness (QED) is 0.163. The predicted octanol–water partition coefficient (Wildman–Crippen LogP) is 4.29. The molecular formula is C24H19BrFN3O5. The van der Waals surface area contributed by atoms with Crippen molar-refractivity contribution in [2.45, 2.75) is 6.92 Å². The second-order valence-corrected chi connectivity index (χ2v) is 7.69. The second kappa shape index (κ2) is 11.2. The van der Waals surface area contributed by atoms with E-state index in [9.17, 15) is 18.8 Å². The van der Waals surface area contributed by atoms with E-state index in [1.807, 2.05) is 0 Å². The number of esters is 1. The summed E-state index contributed by atoms with van der Waals surface area (Å²) in [6.07, 6.45) is 0. The highest BCUT2D eigenvalue weighted by Crippen LogP contribution is 2.30. The van der Waals surface area contributed by atoms with Gasteiger partial charge in [-0.05, 0) is 77.5 Å². The molecule has 2 amide bonds. The average molecular weight is 528 g/mol. The van der Waals surface area contributed by atoms with E-state index >= 15 is 0 Å². The number of rotatable bonds is 6. The van der Waals surface area contributed by atoms with Crippen LogP contribution in [0.4, 0.5) is 10.1 Å². The monoisotopic (exact) mass is 527 g/mol. The molecule has 0 saturated heterocycles. The lowest BCUT2D eigenvalue weighted by atomic mass is 10.1. The van der Waals surface area contributed by atoms with Crippen molar-refractivity contribution in [2.75, 3.05) is 12.4 Å². The number of carbonyl (C=O) groups is 3. The summed E-state index contributed by atoms with van der Waals surface area (Å²) < 4.78 is 24.3. The standard InChI is InChI=1S/C24H19BrFN3O5/c1-14(28-29-23(31)22(30)27-17-10-8-16(26)9-11-17)15-7-12-20(21(13-15)33-2)34-24(32)18-5-3-4-6-19(18)25/h3-13H,1-2H3,(H,27,30)(H,29,31). The summed E-state index contributed by atoms with van der Waals surface area (Å²) in [7, 11) is 1.42. The molecule has 10 heteroatoms. The molecule has 0 aromatic heterocycles. The first-order valence-corrected chi connectivity index (χ1v) is 10.6. The van der Waals surface area contributed by atoms with E-state index in [4.69, 9.17) is 9.47 Å². The molecule has 0 spiro atoms. The normalized spacial score (nSPS) is 10.9. The van der Waals surface area contributed by atoms with Crippen LogP contribution in [0.3, 0.4) is 0 Å². The third-order valence-electron chi connectivity index (χ3n) is 4.51. The number of nitrogens with zero attached hydrogens (tertiary/aromatic N) is 1. The van der Waals surface area contributed by atoms with Crippen LogP contribution in [0.15, 0.2) is 76.3 Å². The van der Waals surface area contributed by atoms with Crippen LogP contribution in [0.25, 0.3) is 0 Å². The predicted molar refractivity (Wildman–Crippen MR) is 127 cm³/mol. The highest BCUT2D eigenvalue weighted by atomic mass is 79.9. The number of amides is 2. The highest BCUT2D eigenvalue weighted by Gasteiger charge is 2.17. The van der Waals surface area contributed by atoms with Crippen molar-refractivity contribution in [2.24, 2.45) is 5.10 Å². The molecule has 8 nitrogen and oxygen atoms in total. The van der Waals surface area contributed by atoms with E-state index in [0.29, 0.717) is 21.3 Å². The first-order valence-electron chi connectivity index (χ1n) is 9.84. The Labute approximate surface area is 202 Å². The highest BCUT2D eigenvalue weighted by molar-refractivity contribution is 9.10. The summed E-state index contributed by atoms with van der Waals surface area (Å²) in [6.45, 7) is 1.61. The maximum absolute atomic E-state index is 12.9. The number of carbonyl (C=O) groups excluding carboxylic acids is 3. The van der Waals surface area contributed by atoms with Crippen molar-refractivity contribution in [3.05, 3.63) is 88.1 Å². The zero-order valence-electron chi connectivity index (χ0n) is 18.1. The molecule has 174 valence electrons. The number of benzene rings is 3. The Kier molecular flexibility index (Phi) is 8.10. The molecule has 0 saturated carbocycles. The lowest BCUT2D eigenvalue weighted by Gasteiger charge is -2.12. The van der Waals surface area contributed by atoms with Crippen LogP contribution < -0.4 is 20.2 Å². The van der Waals surface area contributed by atoms with E-state index in [1.165, 1.54) is 25.3 Å². The number of anilines is 1. The molecule has 0 heterocycles. The summed E-state index contributed by atoms with van der Waals surface area (Å²) in [5, 5.41) is 6.26. The minimum atomic E-state index is -1.00. The van der Waals surface area contributed by atoms with Crippen LogP contribution in [0.1, 0.15) is 22.8 Å². The Morgan fingerprint density at radius 2 is 1.65 bits per heavy atom. The fourth-order valence-corrected chi connectivity index (χ4v) is 3.18. The van der Waals surface area contributed by atoms with Crippen molar-refractivity contribution in [1.82, 2.24) is 5.43 Å². The Morgan fingerprint density at radius 3 is 2.32 bits per heavy atom. The third-order valence-corrected chi connectivity index (χ3v) is 5.20. The van der Waals surface area contributed by atoms with Crippen LogP contribution in [-0.2, 0) is 9.59 Å². The van der Waals surface area contributed by atoms with Crippen molar-refractivity contribution in [1.29, 1.82) is 0 Å². The number of hydrogen-bond acceptors (Lipinski definition) is 6. The van der Waals surface area contributed by atoms with Crippen molar-refractivity contribution >= 4 is 45.1 Å². The minimum absolute atomic E-state index is 0.197. The van der Waals surface area contributed by atoms with Gasteiger partial charge in [0.2, 0.25) is 0 Å². The Balaban J connectivity index is 1.67. The average Bonchev–Trinajstić information content (AvgIpc) is 2.84. The first-order chi connectivity index (χ1) is 16.3. The summed E-state index contributed by atoms with van der Waals surface area (Å²) in [4.78, 5) is 36.5. The molecule has 0 radical (unpaired) electrons. The maximum Gasteiger partial charge on any atom is 0.344 e. The minimum Gasteiger partial charge on any atom is -0.493 e. The molecule has 3 aromatic rings. The number of halogens is 2. The van der Waals surface area contributed by atoms with E-state index in [1.54, 1.807) is 43.3 Å². The van der Waals surface area contributed by atoms with Crippen LogP contribution in [0.5, 0.6) is 11.5 Å². The van der Waals surface area contributed by atoms with E-state index in [-0.39, 0.29) is 17.2 Å². The Bertz CT molecular complexity index is 1260. The number of hydrogen-bond donors (Lipinski definition) is 2. The van der Waals surface area contributed by atoms with Crippen molar-refractivity contribution < 1.29 is 28.2 Å². The zero-order valence-corrected chi connectivity index (χ0v) is 19.7. The smallest absolute Gasteiger partial charge is 0.344 e. The van der Waals surface area contributed by atoms with E-state index in [2.05, 4.69) is 31.8 Å². The fourth-order valence-electron chi connectivity index (χ4n) is 2.73. The molecular weight excluding hydrogens is 509 g/mol. The van der Waals surface area contributed by atoms with Gasteiger partial charge < -0.3 is 14.8 Å². The van der Waals surface area contributed by atoms with Gasteiger partial charge in [-0.2, -0.15) is 5.10 Å². The second-order valence-electron chi connectivity index (χ2n) is 6.83. The summed E-state index contributed by atoms with van der Waals surface area (Å²) >= 11 is 3.31. The third kappa shape index (κ3) is 6.26.